The number of nitrogens with zero attached hydrogens (tertiary/aromatic N) is 3. The van der Waals surface area contributed by atoms with E-state index in [9.17, 15) is 9.90 Å². The molecule has 1 N–H and O–H groups in total. The van der Waals surface area contributed by atoms with Gasteiger partial charge in [0.25, 0.3) is 0 Å². The fourth-order valence-corrected chi connectivity index (χ4v) is 3.36. The standard InChI is InChI=1S/C13H16BrN3O2/c14-9-6-11(13(18)19)12(15-7-9)17-5-4-16-3-1-2-10(16)8-17/h6-7,10H,1-5,8H2,(H,18,19). The van der Waals surface area contributed by atoms with E-state index in [-0.39, 0.29) is 5.56 Å². The Morgan fingerprint density at radius 1 is 1.42 bits per heavy atom. The molecule has 2 saturated heterocycles. The maximum atomic E-state index is 11.3. The fourth-order valence-electron chi connectivity index (χ4n) is 3.02. The lowest BCUT2D eigenvalue weighted by Crippen LogP contribution is -2.50. The number of halogens is 1. The van der Waals surface area contributed by atoms with Crippen LogP contribution in [0.25, 0.3) is 0 Å². The van der Waals surface area contributed by atoms with Crippen LogP contribution in [-0.4, -0.2) is 53.2 Å². The maximum absolute atomic E-state index is 11.3. The van der Waals surface area contributed by atoms with Crippen LogP contribution in [0.2, 0.25) is 0 Å². The number of hydrogen-bond acceptors (Lipinski definition) is 4. The van der Waals surface area contributed by atoms with Gasteiger partial charge in [-0.15, -0.1) is 0 Å². The molecule has 1 atom stereocenters. The van der Waals surface area contributed by atoms with Crippen molar-refractivity contribution in [2.75, 3.05) is 31.1 Å². The first-order valence-electron chi connectivity index (χ1n) is 6.53. The lowest BCUT2D eigenvalue weighted by molar-refractivity contribution is 0.0696. The number of carbonyl (C=O) groups is 1. The zero-order chi connectivity index (χ0) is 13.4. The van der Waals surface area contributed by atoms with E-state index in [4.69, 9.17) is 0 Å². The number of anilines is 1. The zero-order valence-electron chi connectivity index (χ0n) is 10.5. The van der Waals surface area contributed by atoms with Crippen LogP contribution in [0.5, 0.6) is 0 Å². The van der Waals surface area contributed by atoms with Crippen LogP contribution in [0, 0.1) is 0 Å². The normalized spacial score (nSPS) is 23.4. The molecule has 19 heavy (non-hydrogen) atoms. The number of carboxylic acid groups (broad SMARTS) is 1. The molecule has 3 heterocycles. The van der Waals surface area contributed by atoms with E-state index in [0.29, 0.717) is 16.3 Å². The van der Waals surface area contributed by atoms with Gasteiger partial charge in [0.15, 0.2) is 0 Å². The van der Waals surface area contributed by atoms with Gasteiger partial charge < -0.3 is 10.0 Å². The number of fused-ring (bicyclic) bond motifs is 1. The molecule has 1 aromatic heterocycles. The summed E-state index contributed by atoms with van der Waals surface area (Å²) in [5.41, 5.74) is 0.279. The van der Waals surface area contributed by atoms with Crippen molar-refractivity contribution in [3.05, 3.63) is 22.3 Å². The van der Waals surface area contributed by atoms with Gasteiger partial charge in [0.2, 0.25) is 0 Å². The summed E-state index contributed by atoms with van der Waals surface area (Å²) in [5.74, 6) is -0.320. The number of rotatable bonds is 2. The van der Waals surface area contributed by atoms with E-state index in [2.05, 4.69) is 30.7 Å². The zero-order valence-corrected chi connectivity index (χ0v) is 12.1. The Hall–Kier alpha value is -1.14. The van der Waals surface area contributed by atoms with Gasteiger partial charge in [-0.05, 0) is 41.4 Å². The SMILES string of the molecule is O=C(O)c1cc(Br)cnc1N1CCN2CCCC2C1. The van der Waals surface area contributed by atoms with Gasteiger partial charge in [0, 0.05) is 36.3 Å². The van der Waals surface area contributed by atoms with E-state index in [1.54, 1.807) is 12.3 Å². The highest BCUT2D eigenvalue weighted by atomic mass is 79.9. The van der Waals surface area contributed by atoms with E-state index in [1.165, 1.54) is 19.4 Å². The van der Waals surface area contributed by atoms with Gasteiger partial charge >= 0.3 is 5.97 Å². The average molecular weight is 326 g/mol. The van der Waals surface area contributed by atoms with E-state index < -0.39 is 5.97 Å². The summed E-state index contributed by atoms with van der Waals surface area (Å²) < 4.78 is 0.702. The molecule has 1 aromatic rings. The predicted molar refractivity (Wildman–Crippen MR) is 75.7 cm³/mol. The molecule has 2 fully saturated rings. The molecule has 0 spiro atoms. The first-order valence-corrected chi connectivity index (χ1v) is 7.32. The van der Waals surface area contributed by atoms with Crippen LogP contribution in [-0.2, 0) is 0 Å². The van der Waals surface area contributed by atoms with Crippen molar-refractivity contribution in [1.82, 2.24) is 9.88 Å². The monoisotopic (exact) mass is 325 g/mol. The highest BCUT2D eigenvalue weighted by Gasteiger charge is 2.32. The van der Waals surface area contributed by atoms with E-state index >= 15 is 0 Å². The van der Waals surface area contributed by atoms with Gasteiger partial charge in [-0.2, -0.15) is 0 Å². The lowest BCUT2D eigenvalue weighted by Gasteiger charge is -2.38. The fraction of sp³-hybridized carbons (Fsp3) is 0.538. The molecule has 5 nitrogen and oxygen atoms in total. The Morgan fingerprint density at radius 2 is 2.26 bits per heavy atom. The Labute approximate surface area is 120 Å². The second-order valence-electron chi connectivity index (χ2n) is 5.11. The molecule has 0 aliphatic carbocycles. The maximum Gasteiger partial charge on any atom is 0.339 e. The summed E-state index contributed by atoms with van der Waals surface area (Å²) >= 11 is 3.28. The van der Waals surface area contributed by atoms with Crippen LogP contribution >= 0.6 is 15.9 Å². The summed E-state index contributed by atoms with van der Waals surface area (Å²) in [5, 5.41) is 9.31. The van der Waals surface area contributed by atoms with Gasteiger partial charge in [0.1, 0.15) is 11.4 Å². The summed E-state index contributed by atoms with van der Waals surface area (Å²) in [4.78, 5) is 20.3. The molecule has 2 aliphatic rings. The average Bonchev–Trinajstić information content (AvgIpc) is 2.85. The third-order valence-corrected chi connectivity index (χ3v) is 4.38. The first-order chi connectivity index (χ1) is 9.15. The third-order valence-electron chi connectivity index (χ3n) is 3.95. The molecule has 0 aromatic carbocycles. The second-order valence-corrected chi connectivity index (χ2v) is 6.02. The minimum atomic E-state index is -0.919. The van der Waals surface area contributed by atoms with Gasteiger partial charge in [-0.25, -0.2) is 9.78 Å². The highest BCUT2D eigenvalue weighted by Crippen LogP contribution is 2.27. The largest absolute Gasteiger partial charge is 0.478 e. The van der Waals surface area contributed by atoms with Crippen LogP contribution in [0.3, 0.4) is 0 Å². The van der Waals surface area contributed by atoms with Crippen molar-refractivity contribution in [1.29, 1.82) is 0 Å². The molecule has 0 radical (unpaired) electrons. The predicted octanol–water partition coefficient (Wildman–Crippen LogP) is 1.83. The molecular formula is C13H16BrN3O2. The molecule has 6 heteroatoms. The van der Waals surface area contributed by atoms with Crippen molar-refractivity contribution in [3.63, 3.8) is 0 Å². The molecule has 0 amide bonds. The van der Waals surface area contributed by atoms with E-state index in [0.717, 1.165) is 19.6 Å². The summed E-state index contributed by atoms with van der Waals surface area (Å²) in [6.45, 7) is 3.92. The molecular weight excluding hydrogens is 310 g/mol. The minimum Gasteiger partial charge on any atom is -0.478 e. The lowest BCUT2D eigenvalue weighted by atomic mass is 10.1. The van der Waals surface area contributed by atoms with Gasteiger partial charge in [-0.3, -0.25) is 4.90 Å². The quantitative estimate of drug-likeness (QED) is 0.899. The molecule has 0 saturated carbocycles. The van der Waals surface area contributed by atoms with Gasteiger partial charge in [-0.1, -0.05) is 0 Å². The number of aromatic carboxylic acids is 1. The summed E-state index contributed by atoms with van der Waals surface area (Å²) in [6.07, 6.45) is 4.12. The van der Waals surface area contributed by atoms with Crippen LogP contribution in [0.4, 0.5) is 5.82 Å². The van der Waals surface area contributed by atoms with Crippen molar-refractivity contribution in [3.8, 4) is 0 Å². The Morgan fingerprint density at radius 3 is 3.05 bits per heavy atom. The van der Waals surface area contributed by atoms with Crippen LogP contribution < -0.4 is 4.90 Å². The number of hydrogen-bond donors (Lipinski definition) is 1. The third kappa shape index (κ3) is 2.47. The van der Waals surface area contributed by atoms with Crippen molar-refractivity contribution in [2.24, 2.45) is 0 Å². The molecule has 1 unspecified atom stereocenters. The highest BCUT2D eigenvalue weighted by molar-refractivity contribution is 9.10. The van der Waals surface area contributed by atoms with Crippen molar-refractivity contribution < 1.29 is 9.90 Å². The molecule has 0 bridgehead atoms. The number of pyridine rings is 1. The summed E-state index contributed by atoms with van der Waals surface area (Å²) in [6, 6.07) is 2.19. The van der Waals surface area contributed by atoms with Crippen molar-refractivity contribution >= 4 is 27.7 Å². The number of carboxylic acids is 1. The Kier molecular flexibility index (Phi) is 3.45. The molecule has 3 rings (SSSR count). The van der Waals surface area contributed by atoms with Crippen molar-refractivity contribution in [2.45, 2.75) is 18.9 Å². The van der Waals surface area contributed by atoms with Crippen LogP contribution in [0.15, 0.2) is 16.7 Å². The number of aromatic nitrogens is 1. The Bertz CT molecular complexity index is 509. The smallest absolute Gasteiger partial charge is 0.339 e. The minimum absolute atomic E-state index is 0.279. The molecule has 102 valence electrons. The topological polar surface area (TPSA) is 56.7 Å². The second kappa shape index (κ2) is 5.09. The Balaban J connectivity index is 1.87. The number of piperazine rings is 1. The van der Waals surface area contributed by atoms with Gasteiger partial charge in [0.05, 0.1) is 0 Å². The van der Waals surface area contributed by atoms with Crippen LogP contribution in [0.1, 0.15) is 23.2 Å². The van der Waals surface area contributed by atoms with E-state index in [1.807, 2.05) is 0 Å². The first kappa shape index (κ1) is 12.9. The summed E-state index contributed by atoms with van der Waals surface area (Å²) in [7, 11) is 0. The molecule has 2 aliphatic heterocycles.